The molecule has 1 saturated heterocycles. The Balaban J connectivity index is 2.00. The zero-order chi connectivity index (χ0) is 12.5. The fraction of sp³-hybridized carbons (Fsp3) is 0.417. The van der Waals surface area contributed by atoms with Crippen molar-refractivity contribution in [2.24, 2.45) is 0 Å². The van der Waals surface area contributed by atoms with Gasteiger partial charge >= 0.3 is 6.03 Å². The zero-order valence-corrected chi connectivity index (χ0v) is 9.83. The number of carbonyl (C=O) groups is 1. The number of nitrogens with zero attached hydrogens (tertiary/aromatic N) is 1. The number of morpholine rings is 1. The minimum atomic E-state index is -0.336. The van der Waals surface area contributed by atoms with Crippen molar-refractivity contribution in [1.82, 2.24) is 5.32 Å². The van der Waals surface area contributed by atoms with Crippen LogP contribution in [0.5, 0.6) is 0 Å². The number of benzene rings is 1. The van der Waals surface area contributed by atoms with Crippen molar-refractivity contribution in [2.75, 3.05) is 36.5 Å². The number of carbonyl (C=O) groups excluding carboxylic acids is 1. The lowest BCUT2D eigenvalue weighted by Crippen LogP contribution is -2.39. The van der Waals surface area contributed by atoms with E-state index >= 15 is 0 Å². The van der Waals surface area contributed by atoms with Crippen molar-refractivity contribution >= 4 is 17.4 Å². The van der Waals surface area contributed by atoms with Crippen LogP contribution in [0.4, 0.5) is 20.6 Å². The Kier molecular flexibility index (Phi) is 2.79. The zero-order valence-electron chi connectivity index (χ0n) is 9.83. The molecular formula is C12H14FN3O2. The Hall–Kier alpha value is -1.82. The van der Waals surface area contributed by atoms with Gasteiger partial charge in [0.1, 0.15) is 5.82 Å². The predicted molar refractivity (Wildman–Crippen MR) is 65.3 cm³/mol. The van der Waals surface area contributed by atoms with Gasteiger partial charge in [0.25, 0.3) is 0 Å². The average molecular weight is 251 g/mol. The fourth-order valence-corrected chi connectivity index (χ4v) is 2.34. The van der Waals surface area contributed by atoms with E-state index in [1.807, 2.05) is 0 Å². The summed E-state index contributed by atoms with van der Waals surface area (Å²) in [5.41, 5.74) is 2.32. The Morgan fingerprint density at radius 2 is 2.06 bits per heavy atom. The van der Waals surface area contributed by atoms with E-state index in [1.165, 1.54) is 12.1 Å². The van der Waals surface area contributed by atoms with Gasteiger partial charge in [0.2, 0.25) is 0 Å². The number of nitrogens with one attached hydrogen (secondary N) is 2. The Morgan fingerprint density at radius 3 is 2.83 bits per heavy atom. The highest BCUT2D eigenvalue weighted by Crippen LogP contribution is 2.31. The number of ether oxygens (including phenoxy) is 1. The summed E-state index contributed by atoms with van der Waals surface area (Å²) in [6, 6.07) is 2.59. The summed E-state index contributed by atoms with van der Waals surface area (Å²) in [4.78, 5) is 13.3. The first-order chi connectivity index (χ1) is 8.74. The molecule has 0 bridgehead atoms. The molecule has 2 amide bonds. The first-order valence-corrected chi connectivity index (χ1v) is 5.94. The normalized spacial score (nSPS) is 18.9. The molecule has 2 N–H and O–H groups in total. The molecule has 3 rings (SSSR count). The maximum Gasteiger partial charge on any atom is 0.319 e. The van der Waals surface area contributed by atoms with Crippen LogP contribution in [0.1, 0.15) is 5.56 Å². The number of anilines is 2. The highest BCUT2D eigenvalue weighted by Gasteiger charge is 2.22. The largest absolute Gasteiger partial charge is 0.378 e. The minimum absolute atomic E-state index is 0.291. The maximum atomic E-state index is 13.6. The third kappa shape index (κ3) is 1.99. The Bertz CT molecular complexity index is 486. The highest BCUT2D eigenvalue weighted by molar-refractivity contribution is 5.93. The van der Waals surface area contributed by atoms with Crippen LogP contribution < -0.4 is 15.5 Å². The molecule has 2 aliphatic rings. The summed E-state index contributed by atoms with van der Waals surface area (Å²) in [6.07, 6.45) is 0. The molecule has 6 heteroatoms. The molecule has 2 heterocycles. The molecule has 1 fully saturated rings. The van der Waals surface area contributed by atoms with E-state index in [2.05, 4.69) is 15.5 Å². The van der Waals surface area contributed by atoms with E-state index in [1.54, 1.807) is 0 Å². The van der Waals surface area contributed by atoms with Crippen LogP contribution in [0, 0.1) is 5.82 Å². The lowest BCUT2D eigenvalue weighted by atomic mass is 10.1. The van der Waals surface area contributed by atoms with Crippen LogP contribution in [0.3, 0.4) is 0 Å². The highest BCUT2D eigenvalue weighted by atomic mass is 19.1. The van der Waals surface area contributed by atoms with Gasteiger partial charge in [-0.15, -0.1) is 0 Å². The van der Waals surface area contributed by atoms with E-state index in [4.69, 9.17) is 4.74 Å². The topological polar surface area (TPSA) is 53.6 Å². The van der Waals surface area contributed by atoms with E-state index in [9.17, 15) is 9.18 Å². The molecule has 0 unspecified atom stereocenters. The summed E-state index contributed by atoms with van der Waals surface area (Å²) in [5.74, 6) is -0.336. The van der Waals surface area contributed by atoms with Crippen LogP contribution in [0.15, 0.2) is 12.1 Å². The number of urea groups is 1. The van der Waals surface area contributed by atoms with E-state index < -0.39 is 0 Å². The van der Waals surface area contributed by atoms with Gasteiger partial charge in [-0.1, -0.05) is 0 Å². The van der Waals surface area contributed by atoms with Gasteiger partial charge in [-0.2, -0.15) is 0 Å². The lowest BCUT2D eigenvalue weighted by Gasteiger charge is -2.32. The molecular weight excluding hydrogens is 237 g/mol. The standard InChI is InChI=1S/C12H14FN3O2/c13-8-5-10-9(7-14-12(17)15-10)11(6-8)16-1-3-18-4-2-16/h5-6H,1-4,7H2,(H2,14,15,17). The van der Waals surface area contributed by atoms with Gasteiger partial charge < -0.3 is 20.3 Å². The number of hydrogen-bond acceptors (Lipinski definition) is 3. The van der Waals surface area contributed by atoms with Gasteiger partial charge in [-0.25, -0.2) is 9.18 Å². The summed E-state index contributed by atoms with van der Waals surface area (Å²) >= 11 is 0. The lowest BCUT2D eigenvalue weighted by molar-refractivity contribution is 0.122. The van der Waals surface area contributed by atoms with Gasteiger partial charge in [-0.3, -0.25) is 0 Å². The van der Waals surface area contributed by atoms with Crippen molar-refractivity contribution in [3.63, 3.8) is 0 Å². The number of halogens is 1. The first-order valence-electron chi connectivity index (χ1n) is 5.94. The van der Waals surface area contributed by atoms with E-state index in [-0.39, 0.29) is 11.8 Å². The molecule has 0 aliphatic carbocycles. The predicted octanol–water partition coefficient (Wildman–Crippen LogP) is 1.30. The molecule has 0 spiro atoms. The van der Waals surface area contributed by atoms with Crippen molar-refractivity contribution in [3.05, 3.63) is 23.5 Å². The summed E-state index contributed by atoms with van der Waals surface area (Å²) in [7, 11) is 0. The van der Waals surface area contributed by atoms with Crippen molar-refractivity contribution in [2.45, 2.75) is 6.54 Å². The van der Waals surface area contributed by atoms with Crippen LogP contribution >= 0.6 is 0 Å². The third-order valence-corrected chi connectivity index (χ3v) is 3.22. The molecule has 0 radical (unpaired) electrons. The molecule has 5 nitrogen and oxygen atoms in total. The monoisotopic (exact) mass is 251 g/mol. The molecule has 0 saturated carbocycles. The number of rotatable bonds is 1. The SMILES string of the molecule is O=C1NCc2c(cc(F)cc2N2CCOCC2)N1. The molecule has 96 valence electrons. The fourth-order valence-electron chi connectivity index (χ4n) is 2.34. The minimum Gasteiger partial charge on any atom is -0.378 e. The molecule has 2 aliphatic heterocycles. The average Bonchev–Trinajstić information content (AvgIpc) is 2.38. The van der Waals surface area contributed by atoms with Crippen LogP contribution in [-0.4, -0.2) is 32.3 Å². The van der Waals surface area contributed by atoms with Crippen molar-refractivity contribution < 1.29 is 13.9 Å². The van der Waals surface area contributed by atoms with Crippen molar-refractivity contribution in [1.29, 1.82) is 0 Å². The second kappa shape index (κ2) is 4.45. The molecule has 0 aromatic heterocycles. The van der Waals surface area contributed by atoms with Gasteiger partial charge in [0, 0.05) is 30.9 Å². The van der Waals surface area contributed by atoms with Gasteiger partial charge in [-0.05, 0) is 12.1 Å². The Labute approximate surface area is 104 Å². The Morgan fingerprint density at radius 1 is 1.28 bits per heavy atom. The molecule has 0 atom stereocenters. The quantitative estimate of drug-likeness (QED) is 0.791. The van der Waals surface area contributed by atoms with Crippen LogP contribution in [0.2, 0.25) is 0 Å². The third-order valence-electron chi connectivity index (χ3n) is 3.22. The second-order valence-electron chi connectivity index (χ2n) is 4.36. The number of hydrogen-bond donors (Lipinski definition) is 2. The molecule has 1 aromatic carbocycles. The molecule has 18 heavy (non-hydrogen) atoms. The van der Waals surface area contributed by atoms with Crippen LogP contribution in [0.25, 0.3) is 0 Å². The summed E-state index contributed by atoms with van der Waals surface area (Å²) in [6.45, 7) is 3.19. The summed E-state index contributed by atoms with van der Waals surface area (Å²) < 4.78 is 18.9. The second-order valence-corrected chi connectivity index (χ2v) is 4.36. The van der Waals surface area contributed by atoms with E-state index in [0.717, 1.165) is 24.3 Å². The maximum absolute atomic E-state index is 13.6. The smallest absolute Gasteiger partial charge is 0.319 e. The number of fused-ring (bicyclic) bond motifs is 1. The van der Waals surface area contributed by atoms with Crippen LogP contribution in [-0.2, 0) is 11.3 Å². The number of amides is 2. The van der Waals surface area contributed by atoms with Gasteiger partial charge in [0.05, 0.1) is 18.9 Å². The summed E-state index contributed by atoms with van der Waals surface area (Å²) in [5, 5.41) is 5.34. The first kappa shape index (κ1) is 11.3. The van der Waals surface area contributed by atoms with Crippen molar-refractivity contribution in [3.8, 4) is 0 Å². The van der Waals surface area contributed by atoms with E-state index in [0.29, 0.717) is 25.4 Å². The molecule has 1 aromatic rings. The van der Waals surface area contributed by atoms with Gasteiger partial charge in [0.15, 0.2) is 0 Å².